The minimum Gasteiger partial charge on any atom is -0.488 e. The molecule has 1 heterocycles. The van der Waals surface area contributed by atoms with Gasteiger partial charge in [0, 0.05) is 12.6 Å². The van der Waals surface area contributed by atoms with Crippen molar-refractivity contribution in [3.8, 4) is 5.75 Å². The lowest BCUT2D eigenvalue weighted by Gasteiger charge is -2.22. The fourth-order valence-electron chi connectivity index (χ4n) is 2.74. The molecule has 1 aromatic rings. The predicted molar refractivity (Wildman–Crippen MR) is 87.0 cm³/mol. The summed E-state index contributed by atoms with van der Waals surface area (Å²) in [4.78, 5) is 2.38. The van der Waals surface area contributed by atoms with Gasteiger partial charge in [-0.3, -0.25) is 4.90 Å². The topological polar surface area (TPSA) is 38.5 Å². The Labute approximate surface area is 129 Å². The number of benzene rings is 1. The van der Waals surface area contributed by atoms with Crippen LogP contribution >= 0.6 is 15.9 Å². The summed E-state index contributed by atoms with van der Waals surface area (Å²) in [5, 5.41) is 0. The summed E-state index contributed by atoms with van der Waals surface area (Å²) < 4.78 is 6.85. The number of hydrogen-bond acceptors (Lipinski definition) is 3. The molecule has 1 aliphatic rings. The number of nitrogens with zero attached hydrogens (tertiary/aromatic N) is 1. The molecule has 2 N–H and O–H groups in total. The molecule has 0 amide bonds. The van der Waals surface area contributed by atoms with Gasteiger partial charge >= 0.3 is 0 Å². The maximum Gasteiger partial charge on any atom is 0.134 e. The first kappa shape index (κ1) is 15.5. The molecule has 0 spiro atoms. The van der Waals surface area contributed by atoms with Crippen molar-refractivity contribution in [1.82, 2.24) is 4.90 Å². The third-order valence-electron chi connectivity index (χ3n) is 3.79. The van der Waals surface area contributed by atoms with Crippen LogP contribution in [0.15, 0.2) is 34.8 Å². The maximum atomic E-state index is 5.81. The Balaban J connectivity index is 2.20. The van der Waals surface area contributed by atoms with Gasteiger partial charge in [0.2, 0.25) is 0 Å². The lowest BCUT2D eigenvalue weighted by Crippen LogP contribution is -2.20. The number of hydrogen-bond donors (Lipinski definition) is 1. The van der Waals surface area contributed by atoms with Gasteiger partial charge in [0.25, 0.3) is 0 Å². The van der Waals surface area contributed by atoms with E-state index in [2.05, 4.69) is 46.6 Å². The Kier molecular flexibility index (Phi) is 5.24. The summed E-state index contributed by atoms with van der Waals surface area (Å²) in [7, 11) is 2.16. The van der Waals surface area contributed by atoms with Crippen molar-refractivity contribution in [3.63, 3.8) is 0 Å². The van der Waals surface area contributed by atoms with E-state index in [0.29, 0.717) is 18.6 Å². The van der Waals surface area contributed by atoms with Crippen molar-refractivity contribution < 1.29 is 4.74 Å². The molecule has 2 atom stereocenters. The quantitative estimate of drug-likeness (QED) is 0.836. The Bertz CT molecular complexity index is 489. The van der Waals surface area contributed by atoms with Crippen molar-refractivity contribution in [2.75, 3.05) is 26.7 Å². The SMILES string of the molecule is C=C(C)COc1cccc(C2CC(CN)CN2C)c1Br. The molecule has 0 aliphatic carbocycles. The molecule has 3 nitrogen and oxygen atoms in total. The van der Waals surface area contributed by atoms with Gasteiger partial charge in [-0.25, -0.2) is 0 Å². The van der Waals surface area contributed by atoms with E-state index in [0.717, 1.165) is 35.3 Å². The summed E-state index contributed by atoms with van der Waals surface area (Å²) in [6.45, 7) is 8.20. The van der Waals surface area contributed by atoms with Gasteiger partial charge in [0.15, 0.2) is 0 Å². The summed E-state index contributed by atoms with van der Waals surface area (Å²) in [6.07, 6.45) is 1.11. The fraction of sp³-hybridized carbons (Fsp3) is 0.500. The van der Waals surface area contributed by atoms with Crippen LogP contribution in [0.25, 0.3) is 0 Å². The zero-order chi connectivity index (χ0) is 14.7. The second-order valence-electron chi connectivity index (χ2n) is 5.70. The first-order valence-corrected chi connectivity index (χ1v) is 7.78. The molecule has 1 saturated heterocycles. The zero-order valence-electron chi connectivity index (χ0n) is 12.2. The summed E-state index contributed by atoms with van der Waals surface area (Å²) in [5.41, 5.74) is 8.11. The third-order valence-corrected chi connectivity index (χ3v) is 4.64. The van der Waals surface area contributed by atoms with Gasteiger partial charge in [-0.15, -0.1) is 0 Å². The van der Waals surface area contributed by atoms with Gasteiger partial charge in [0.05, 0.1) is 4.47 Å². The van der Waals surface area contributed by atoms with Crippen LogP contribution in [0, 0.1) is 5.92 Å². The summed E-state index contributed by atoms with van der Waals surface area (Å²) in [5.74, 6) is 1.46. The molecule has 1 aliphatic heterocycles. The van der Waals surface area contributed by atoms with E-state index in [1.807, 2.05) is 13.0 Å². The van der Waals surface area contributed by atoms with Crippen LogP contribution in [0.2, 0.25) is 0 Å². The van der Waals surface area contributed by atoms with Gasteiger partial charge in [-0.05, 0) is 66.0 Å². The predicted octanol–water partition coefficient (Wildman–Crippen LogP) is 3.36. The van der Waals surface area contributed by atoms with Crippen LogP contribution in [0.5, 0.6) is 5.75 Å². The van der Waals surface area contributed by atoms with E-state index in [1.165, 1.54) is 5.56 Å². The van der Waals surface area contributed by atoms with E-state index in [4.69, 9.17) is 10.5 Å². The number of nitrogens with two attached hydrogens (primary N) is 1. The number of rotatable bonds is 5. The second-order valence-corrected chi connectivity index (χ2v) is 6.49. The molecule has 1 fully saturated rings. The monoisotopic (exact) mass is 338 g/mol. The molecule has 110 valence electrons. The molecular formula is C16H23BrN2O. The van der Waals surface area contributed by atoms with Crippen molar-refractivity contribution in [1.29, 1.82) is 0 Å². The maximum absolute atomic E-state index is 5.81. The molecule has 0 radical (unpaired) electrons. The largest absolute Gasteiger partial charge is 0.488 e. The van der Waals surface area contributed by atoms with Crippen LogP contribution in [0.3, 0.4) is 0 Å². The lowest BCUT2D eigenvalue weighted by atomic mass is 10.00. The molecule has 1 aromatic carbocycles. The van der Waals surface area contributed by atoms with Crippen LogP contribution in [-0.4, -0.2) is 31.6 Å². The first-order valence-electron chi connectivity index (χ1n) is 6.98. The van der Waals surface area contributed by atoms with Crippen molar-refractivity contribution in [2.24, 2.45) is 11.7 Å². The molecule has 0 bridgehead atoms. The Hall–Kier alpha value is -0.840. The van der Waals surface area contributed by atoms with Crippen molar-refractivity contribution in [3.05, 3.63) is 40.4 Å². The van der Waals surface area contributed by atoms with Gasteiger partial charge in [-0.2, -0.15) is 0 Å². The number of halogens is 1. The molecule has 2 unspecified atom stereocenters. The Morgan fingerprint density at radius 2 is 2.30 bits per heavy atom. The van der Waals surface area contributed by atoms with E-state index >= 15 is 0 Å². The van der Waals surface area contributed by atoms with Crippen LogP contribution in [0.4, 0.5) is 0 Å². The van der Waals surface area contributed by atoms with Crippen LogP contribution < -0.4 is 10.5 Å². The summed E-state index contributed by atoms with van der Waals surface area (Å²) >= 11 is 3.70. The highest BCUT2D eigenvalue weighted by molar-refractivity contribution is 9.10. The van der Waals surface area contributed by atoms with Gasteiger partial charge < -0.3 is 10.5 Å². The average molecular weight is 339 g/mol. The molecule has 4 heteroatoms. The number of ether oxygens (including phenoxy) is 1. The molecule has 0 saturated carbocycles. The number of likely N-dealkylation sites (tertiary alicyclic amines) is 1. The van der Waals surface area contributed by atoms with Crippen molar-refractivity contribution >= 4 is 15.9 Å². The zero-order valence-corrected chi connectivity index (χ0v) is 13.8. The minimum absolute atomic E-state index is 0.409. The lowest BCUT2D eigenvalue weighted by molar-refractivity contribution is 0.309. The second kappa shape index (κ2) is 6.74. The average Bonchev–Trinajstić information content (AvgIpc) is 2.79. The fourth-order valence-corrected chi connectivity index (χ4v) is 3.38. The minimum atomic E-state index is 0.409. The molecule has 2 rings (SSSR count). The molecular weight excluding hydrogens is 316 g/mol. The third kappa shape index (κ3) is 3.43. The smallest absolute Gasteiger partial charge is 0.134 e. The first-order chi connectivity index (χ1) is 9.52. The van der Waals surface area contributed by atoms with E-state index < -0.39 is 0 Å². The van der Waals surface area contributed by atoms with E-state index in [1.54, 1.807) is 0 Å². The molecule has 0 aromatic heterocycles. The highest BCUT2D eigenvalue weighted by Crippen LogP contribution is 2.40. The Morgan fingerprint density at radius 3 is 2.90 bits per heavy atom. The van der Waals surface area contributed by atoms with Gasteiger partial charge in [-0.1, -0.05) is 18.7 Å². The Morgan fingerprint density at radius 1 is 1.55 bits per heavy atom. The normalized spacial score (nSPS) is 23.0. The highest BCUT2D eigenvalue weighted by atomic mass is 79.9. The summed E-state index contributed by atoms with van der Waals surface area (Å²) in [6, 6.07) is 6.62. The molecule has 20 heavy (non-hydrogen) atoms. The van der Waals surface area contributed by atoms with Crippen LogP contribution in [-0.2, 0) is 0 Å². The van der Waals surface area contributed by atoms with E-state index in [-0.39, 0.29) is 0 Å². The van der Waals surface area contributed by atoms with Crippen LogP contribution in [0.1, 0.15) is 24.9 Å². The van der Waals surface area contributed by atoms with E-state index in [9.17, 15) is 0 Å². The standard InChI is InChI=1S/C16H23BrN2O/c1-11(2)10-20-15-6-4-5-13(16(15)17)14-7-12(8-18)9-19(14)3/h4-6,12,14H,1,7-10,18H2,2-3H3. The van der Waals surface area contributed by atoms with Gasteiger partial charge in [0.1, 0.15) is 12.4 Å². The highest BCUT2D eigenvalue weighted by Gasteiger charge is 2.31. The van der Waals surface area contributed by atoms with Crippen molar-refractivity contribution in [2.45, 2.75) is 19.4 Å².